The molecule has 5 nitrogen and oxygen atoms in total. The number of nitrogens with zero attached hydrogens (tertiary/aromatic N) is 2. The third-order valence-corrected chi connectivity index (χ3v) is 3.30. The zero-order chi connectivity index (χ0) is 11.5. The lowest BCUT2D eigenvalue weighted by Crippen LogP contribution is -2.22. The van der Waals surface area contributed by atoms with Crippen LogP contribution in [-0.4, -0.2) is 16.0 Å². The molecule has 0 atom stereocenters. The Balaban J connectivity index is 1.93. The highest BCUT2D eigenvalue weighted by atomic mass is 79.9. The molecule has 2 aromatic heterocycles. The van der Waals surface area contributed by atoms with Crippen LogP contribution >= 0.6 is 27.3 Å². The number of rotatable bonds is 3. The summed E-state index contributed by atoms with van der Waals surface area (Å²) in [5.41, 5.74) is 0.619. The summed E-state index contributed by atoms with van der Waals surface area (Å²) in [6.45, 7) is 1.97. The fourth-order valence-corrected chi connectivity index (χ4v) is 2.24. The van der Waals surface area contributed by atoms with Crippen molar-refractivity contribution >= 4 is 33.2 Å². The Labute approximate surface area is 104 Å². The van der Waals surface area contributed by atoms with E-state index in [4.69, 9.17) is 4.52 Å². The van der Waals surface area contributed by atoms with Gasteiger partial charge in [-0.1, -0.05) is 5.16 Å². The van der Waals surface area contributed by atoms with Crippen molar-refractivity contribution < 1.29 is 9.32 Å². The molecule has 0 bridgehead atoms. The maximum Gasteiger partial charge on any atom is 0.252 e. The van der Waals surface area contributed by atoms with Crippen LogP contribution in [0.1, 0.15) is 22.1 Å². The highest BCUT2D eigenvalue weighted by molar-refractivity contribution is 9.11. The molecule has 1 N–H and O–H groups in total. The fourth-order valence-electron chi connectivity index (χ4n) is 1.10. The standard InChI is InChI=1S/C9H8BrN3O2S/c1-5-12-8(15-13-5)3-11-9(14)6-2-7(10)16-4-6/h2,4H,3H2,1H3,(H,11,14). The molecule has 0 saturated carbocycles. The minimum atomic E-state index is -0.155. The first-order chi connectivity index (χ1) is 7.65. The van der Waals surface area contributed by atoms with E-state index >= 15 is 0 Å². The van der Waals surface area contributed by atoms with Gasteiger partial charge >= 0.3 is 0 Å². The Hall–Kier alpha value is -1.21. The van der Waals surface area contributed by atoms with Gasteiger partial charge in [0.1, 0.15) is 0 Å². The number of hydrogen-bond acceptors (Lipinski definition) is 5. The first-order valence-corrected chi connectivity index (χ1v) is 6.14. The Morgan fingerprint density at radius 2 is 2.50 bits per heavy atom. The van der Waals surface area contributed by atoms with E-state index in [2.05, 4.69) is 31.4 Å². The van der Waals surface area contributed by atoms with Gasteiger partial charge in [0.25, 0.3) is 5.91 Å². The van der Waals surface area contributed by atoms with E-state index in [-0.39, 0.29) is 12.5 Å². The molecule has 16 heavy (non-hydrogen) atoms. The second kappa shape index (κ2) is 4.75. The van der Waals surface area contributed by atoms with Crippen LogP contribution in [0, 0.1) is 6.92 Å². The highest BCUT2D eigenvalue weighted by Crippen LogP contribution is 2.20. The van der Waals surface area contributed by atoms with Gasteiger partial charge in [0.2, 0.25) is 5.89 Å². The third-order valence-electron chi connectivity index (χ3n) is 1.80. The number of amides is 1. The van der Waals surface area contributed by atoms with Crippen molar-refractivity contribution in [2.24, 2.45) is 0 Å². The summed E-state index contributed by atoms with van der Waals surface area (Å²) in [4.78, 5) is 15.6. The lowest BCUT2D eigenvalue weighted by atomic mass is 10.3. The summed E-state index contributed by atoms with van der Waals surface area (Å²) in [7, 11) is 0. The van der Waals surface area contributed by atoms with Gasteiger partial charge < -0.3 is 9.84 Å². The molecule has 0 unspecified atom stereocenters. The van der Waals surface area contributed by atoms with Crippen LogP contribution in [-0.2, 0) is 6.54 Å². The second-order valence-corrected chi connectivity index (χ2v) is 5.35. The minimum absolute atomic E-state index is 0.155. The van der Waals surface area contributed by atoms with Crippen molar-refractivity contribution in [3.63, 3.8) is 0 Å². The van der Waals surface area contributed by atoms with Crippen molar-refractivity contribution in [3.8, 4) is 0 Å². The number of thiophene rings is 1. The number of hydrogen-bond donors (Lipinski definition) is 1. The molecule has 0 spiro atoms. The molecule has 2 aromatic rings. The quantitative estimate of drug-likeness (QED) is 0.943. The van der Waals surface area contributed by atoms with Crippen molar-refractivity contribution in [1.29, 1.82) is 0 Å². The van der Waals surface area contributed by atoms with Crippen LogP contribution in [0.25, 0.3) is 0 Å². The number of carbonyl (C=O) groups excluding carboxylic acids is 1. The maximum absolute atomic E-state index is 11.6. The van der Waals surface area contributed by atoms with E-state index < -0.39 is 0 Å². The average Bonchev–Trinajstić information content (AvgIpc) is 2.84. The van der Waals surface area contributed by atoms with Crippen LogP contribution in [0.3, 0.4) is 0 Å². The SMILES string of the molecule is Cc1noc(CNC(=O)c2csc(Br)c2)n1. The summed E-state index contributed by atoms with van der Waals surface area (Å²) in [5, 5.41) is 8.10. The first kappa shape index (κ1) is 11.3. The molecule has 84 valence electrons. The summed E-state index contributed by atoms with van der Waals surface area (Å²) >= 11 is 4.76. The first-order valence-electron chi connectivity index (χ1n) is 4.46. The monoisotopic (exact) mass is 301 g/mol. The molecule has 0 radical (unpaired) electrons. The van der Waals surface area contributed by atoms with Crippen LogP contribution in [0.15, 0.2) is 19.8 Å². The van der Waals surface area contributed by atoms with Gasteiger partial charge in [-0.2, -0.15) is 4.98 Å². The predicted octanol–water partition coefficient (Wildman–Crippen LogP) is 2.13. The van der Waals surface area contributed by atoms with Crippen LogP contribution in [0.4, 0.5) is 0 Å². The van der Waals surface area contributed by atoms with Gasteiger partial charge in [-0.15, -0.1) is 11.3 Å². The lowest BCUT2D eigenvalue weighted by molar-refractivity contribution is 0.0946. The zero-order valence-corrected chi connectivity index (χ0v) is 10.8. The van der Waals surface area contributed by atoms with Gasteiger partial charge in [0, 0.05) is 5.38 Å². The molecule has 0 fully saturated rings. The molecule has 0 saturated heterocycles. The zero-order valence-electron chi connectivity index (χ0n) is 8.36. The highest BCUT2D eigenvalue weighted by Gasteiger charge is 2.09. The van der Waals surface area contributed by atoms with Gasteiger partial charge in [-0.05, 0) is 28.9 Å². The smallest absolute Gasteiger partial charge is 0.252 e. The van der Waals surface area contributed by atoms with Crippen molar-refractivity contribution in [2.45, 2.75) is 13.5 Å². The van der Waals surface area contributed by atoms with Crippen molar-refractivity contribution in [1.82, 2.24) is 15.5 Å². The topological polar surface area (TPSA) is 68.0 Å². The Kier molecular flexibility index (Phi) is 3.35. The van der Waals surface area contributed by atoms with Crippen molar-refractivity contribution in [3.05, 3.63) is 32.5 Å². The van der Waals surface area contributed by atoms with Gasteiger partial charge in [0.05, 0.1) is 15.9 Å². The average molecular weight is 302 g/mol. The number of nitrogens with one attached hydrogen (secondary N) is 1. The van der Waals surface area contributed by atoms with E-state index in [1.54, 1.807) is 18.4 Å². The maximum atomic E-state index is 11.6. The Morgan fingerprint density at radius 1 is 1.69 bits per heavy atom. The van der Waals surface area contributed by atoms with Gasteiger partial charge in [-0.3, -0.25) is 4.79 Å². The number of halogens is 1. The summed E-state index contributed by atoms with van der Waals surface area (Å²) in [5.74, 6) is 0.806. The van der Waals surface area contributed by atoms with Gasteiger partial charge in [0.15, 0.2) is 5.82 Å². The lowest BCUT2D eigenvalue weighted by Gasteiger charge is -1.98. The van der Waals surface area contributed by atoms with Crippen LogP contribution < -0.4 is 5.32 Å². The molecule has 1 amide bonds. The van der Waals surface area contributed by atoms with Gasteiger partial charge in [-0.25, -0.2) is 0 Å². The molecule has 0 aromatic carbocycles. The molecular weight excluding hydrogens is 294 g/mol. The molecular formula is C9H8BrN3O2S. The van der Waals surface area contributed by atoms with E-state index in [9.17, 15) is 4.79 Å². The summed E-state index contributed by atoms with van der Waals surface area (Å²) in [6, 6.07) is 1.76. The normalized spacial score (nSPS) is 10.4. The fraction of sp³-hybridized carbons (Fsp3) is 0.222. The van der Waals surface area contributed by atoms with Crippen LogP contribution in [0.5, 0.6) is 0 Å². The van der Waals surface area contributed by atoms with E-state index in [0.29, 0.717) is 17.3 Å². The largest absolute Gasteiger partial charge is 0.343 e. The number of aromatic nitrogens is 2. The molecule has 0 aliphatic rings. The third kappa shape index (κ3) is 2.67. The van der Waals surface area contributed by atoms with Crippen molar-refractivity contribution in [2.75, 3.05) is 0 Å². The minimum Gasteiger partial charge on any atom is -0.343 e. The Bertz CT molecular complexity index is 508. The van der Waals surface area contributed by atoms with E-state index in [1.165, 1.54) is 11.3 Å². The van der Waals surface area contributed by atoms with E-state index in [1.807, 2.05) is 0 Å². The predicted molar refractivity (Wildman–Crippen MR) is 62.2 cm³/mol. The van der Waals surface area contributed by atoms with E-state index in [0.717, 1.165) is 3.79 Å². The molecule has 2 heterocycles. The number of aryl methyl sites for hydroxylation is 1. The molecule has 0 aliphatic heterocycles. The van der Waals surface area contributed by atoms with Crippen LogP contribution in [0.2, 0.25) is 0 Å². The number of carbonyl (C=O) groups is 1. The molecule has 2 rings (SSSR count). The molecule has 0 aliphatic carbocycles. The Morgan fingerprint density at radius 3 is 3.06 bits per heavy atom. The molecule has 7 heteroatoms. The second-order valence-electron chi connectivity index (χ2n) is 3.06. The summed E-state index contributed by atoms with van der Waals surface area (Å²) in [6.07, 6.45) is 0. The summed E-state index contributed by atoms with van der Waals surface area (Å²) < 4.78 is 5.80.